The van der Waals surface area contributed by atoms with E-state index >= 15 is 0 Å². The van der Waals surface area contributed by atoms with Crippen LogP contribution in [-0.4, -0.2) is 84.1 Å². The SMILES string of the molecule is C=CC(=O)N1CCN(c2nc(OCCN(C)C3CCCCC3)nc3c2CCN(c2cccc4cccc(C)c24)C3)CC1CC#N. The van der Waals surface area contributed by atoms with E-state index in [1.54, 1.807) is 4.90 Å². The quantitative estimate of drug-likeness (QED) is 0.305. The minimum atomic E-state index is -0.230. The van der Waals surface area contributed by atoms with Crippen LogP contribution in [0.4, 0.5) is 11.5 Å². The summed E-state index contributed by atoms with van der Waals surface area (Å²) in [4.78, 5) is 31.5. The number of amides is 1. The van der Waals surface area contributed by atoms with Gasteiger partial charge in [-0.15, -0.1) is 0 Å². The molecule has 0 bridgehead atoms. The highest BCUT2D eigenvalue weighted by atomic mass is 16.5. The average molecular weight is 608 g/mol. The van der Waals surface area contributed by atoms with Gasteiger partial charge >= 0.3 is 6.01 Å². The number of fused-ring (bicyclic) bond motifs is 2. The molecular weight excluding hydrogens is 562 g/mol. The van der Waals surface area contributed by atoms with Gasteiger partial charge in [0.05, 0.1) is 30.8 Å². The lowest BCUT2D eigenvalue weighted by molar-refractivity contribution is -0.128. The zero-order chi connectivity index (χ0) is 31.3. The van der Waals surface area contributed by atoms with Gasteiger partial charge in [-0.1, -0.05) is 56.2 Å². The van der Waals surface area contributed by atoms with Crippen molar-refractivity contribution in [2.24, 2.45) is 0 Å². The monoisotopic (exact) mass is 607 g/mol. The molecule has 1 atom stereocenters. The number of ether oxygens (including phenoxy) is 1. The van der Waals surface area contributed by atoms with Gasteiger partial charge in [0, 0.05) is 55.4 Å². The minimum Gasteiger partial charge on any atom is -0.462 e. The number of anilines is 2. The first-order valence-corrected chi connectivity index (χ1v) is 16.5. The Hall–Kier alpha value is -4.16. The summed E-state index contributed by atoms with van der Waals surface area (Å²) in [5, 5.41) is 12.1. The van der Waals surface area contributed by atoms with Crippen molar-refractivity contribution in [3.05, 3.63) is 65.9 Å². The third kappa shape index (κ3) is 6.62. The minimum absolute atomic E-state index is 0.133. The largest absolute Gasteiger partial charge is 0.462 e. The van der Waals surface area contributed by atoms with Crippen LogP contribution in [0, 0.1) is 18.3 Å². The van der Waals surface area contributed by atoms with Gasteiger partial charge < -0.3 is 24.3 Å². The molecule has 2 aliphatic heterocycles. The van der Waals surface area contributed by atoms with Crippen LogP contribution in [0.3, 0.4) is 0 Å². The van der Waals surface area contributed by atoms with Crippen molar-refractivity contribution in [3.63, 3.8) is 0 Å². The second kappa shape index (κ2) is 13.9. The fourth-order valence-electron chi connectivity index (χ4n) is 7.41. The standard InChI is InChI=1S/C36H45N7O2/c1-4-33(44)43-21-20-42(24-29(43)16-18-37)35-30-17-19-41(32-15-9-12-27-11-8-10-26(2)34(27)32)25-31(30)38-36(39-35)45-23-22-40(3)28-13-6-5-7-14-28/h4,8-12,15,28-29H,1,5-7,13-14,16-17,19-25H2,2-3H3. The molecule has 1 unspecified atom stereocenters. The van der Waals surface area contributed by atoms with Crippen molar-refractivity contribution in [1.82, 2.24) is 19.8 Å². The van der Waals surface area contributed by atoms with Gasteiger partial charge in [0.15, 0.2) is 0 Å². The highest BCUT2D eigenvalue weighted by Crippen LogP contribution is 2.36. The molecule has 1 amide bonds. The Labute approximate surface area is 267 Å². The Kier molecular flexibility index (Phi) is 9.50. The highest BCUT2D eigenvalue weighted by molar-refractivity contribution is 5.97. The summed E-state index contributed by atoms with van der Waals surface area (Å²) in [6.45, 7) is 10.4. The molecule has 0 spiro atoms. The zero-order valence-corrected chi connectivity index (χ0v) is 26.7. The predicted octanol–water partition coefficient (Wildman–Crippen LogP) is 5.26. The zero-order valence-electron chi connectivity index (χ0n) is 26.7. The third-order valence-corrected chi connectivity index (χ3v) is 9.89. The van der Waals surface area contributed by atoms with Crippen LogP contribution < -0.4 is 14.5 Å². The fourth-order valence-corrected chi connectivity index (χ4v) is 7.41. The Morgan fingerprint density at radius 3 is 2.69 bits per heavy atom. The second-order valence-electron chi connectivity index (χ2n) is 12.7. The van der Waals surface area contributed by atoms with Gasteiger partial charge in [-0.25, -0.2) is 0 Å². The molecule has 1 saturated carbocycles. The molecule has 1 aromatic heterocycles. The molecule has 2 fully saturated rings. The molecule has 1 saturated heterocycles. The maximum absolute atomic E-state index is 12.6. The topological polar surface area (TPSA) is 88.8 Å². The summed E-state index contributed by atoms with van der Waals surface area (Å²) in [6.07, 6.45) is 8.85. The molecule has 9 heteroatoms. The Morgan fingerprint density at radius 1 is 1.11 bits per heavy atom. The normalized spacial score (nSPS) is 19.0. The molecule has 236 valence electrons. The molecule has 3 heterocycles. The van der Waals surface area contributed by atoms with Crippen molar-refractivity contribution in [1.29, 1.82) is 5.26 Å². The summed E-state index contributed by atoms with van der Waals surface area (Å²) in [6, 6.07) is 16.1. The summed E-state index contributed by atoms with van der Waals surface area (Å²) in [5.74, 6) is 0.741. The van der Waals surface area contributed by atoms with Crippen molar-refractivity contribution in [2.75, 3.05) is 56.2 Å². The number of likely N-dealkylation sites (N-methyl/N-ethyl adjacent to an activating group) is 1. The summed E-state index contributed by atoms with van der Waals surface area (Å²) in [7, 11) is 2.20. The number of hydrogen-bond acceptors (Lipinski definition) is 8. The summed E-state index contributed by atoms with van der Waals surface area (Å²) in [5.41, 5.74) is 4.60. The fraction of sp³-hybridized carbons (Fsp3) is 0.500. The van der Waals surface area contributed by atoms with Crippen molar-refractivity contribution < 1.29 is 9.53 Å². The maximum atomic E-state index is 12.6. The van der Waals surface area contributed by atoms with E-state index in [-0.39, 0.29) is 18.4 Å². The average Bonchev–Trinajstić information content (AvgIpc) is 3.07. The summed E-state index contributed by atoms with van der Waals surface area (Å²) >= 11 is 0. The van der Waals surface area contributed by atoms with Gasteiger partial charge in [0.25, 0.3) is 0 Å². The third-order valence-electron chi connectivity index (χ3n) is 9.89. The predicted molar refractivity (Wildman–Crippen MR) is 179 cm³/mol. The van der Waals surface area contributed by atoms with Gasteiger partial charge in [0.1, 0.15) is 12.4 Å². The van der Waals surface area contributed by atoms with E-state index in [9.17, 15) is 10.1 Å². The van der Waals surface area contributed by atoms with Crippen LogP contribution in [-0.2, 0) is 17.8 Å². The summed E-state index contributed by atoms with van der Waals surface area (Å²) < 4.78 is 6.31. The van der Waals surface area contributed by atoms with E-state index in [4.69, 9.17) is 14.7 Å². The Balaban J connectivity index is 1.29. The van der Waals surface area contributed by atoms with E-state index in [0.29, 0.717) is 44.8 Å². The van der Waals surface area contributed by atoms with Crippen LogP contribution in [0.15, 0.2) is 49.1 Å². The number of hydrogen-bond donors (Lipinski definition) is 0. The smallest absolute Gasteiger partial charge is 0.318 e. The molecule has 0 radical (unpaired) electrons. The van der Waals surface area contributed by atoms with E-state index in [1.807, 2.05) is 0 Å². The number of carbonyl (C=O) groups is 1. The first-order valence-electron chi connectivity index (χ1n) is 16.5. The van der Waals surface area contributed by atoms with Crippen molar-refractivity contribution >= 4 is 28.2 Å². The highest BCUT2D eigenvalue weighted by Gasteiger charge is 2.33. The lowest BCUT2D eigenvalue weighted by atomic mass is 9.94. The Bertz CT molecular complexity index is 1570. The lowest BCUT2D eigenvalue weighted by Crippen LogP contribution is -2.55. The van der Waals surface area contributed by atoms with Crippen LogP contribution in [0.25, 0.3) is 10.8 Å². The molecule has 2 aromatic carbocycles. The lowest BCUT2D eigenvalue weighted by Gasteiger charge is -2.42. The molecular formula is C36H45N7O2. The van der Waals surface area contributed by atoms with Crippen LogP contribution in [0.2, 0.25) is 0 Å². The van der Waals surface area contributed by atoms with E-state index < -0.39 is 0 Å². The number of carbonyl (C=O) groups excluding carboxylic acids is 1. The molecule has 3 aromatic rings. The van der Waals surface area contributed by atoms with E-state index in [1.165, 1.54) is 60.2 Å². The van der Waals surface area contributed by atoms with Gasteiger partial charge in [-0.3, -0.25) is 4.79 Å². The van der Waals surface area contributed by atoms with E-state index in [2.05, 4.69) is 77.7 Å². The number of aryl methyl sites for hydroxylation is 1. The first-order chi connectivity index (χ1) is 22.0. The molecule has 1 aliphatic carbocycles. The second-order valence-corrected chi connectivity index (χ2v) is 12.7. The van der Waals surface area contributed by atoms with Crippen LogP contribution in [0.1, 0.15) is 55.3 Å². The molecule has 6 rings (SSSR count). The van der Waals surface area contributed by atoms with Gasteiger partial charge in [0.2, 0.25) is 5.91 Å². The molecule has 3 aliphatic rings. The van der Waals surface area contributed by atoms with Crippen molar-refractivity contribution in [3.8, 4) is 12.1 Å². The number of aromatic nitrogens is 2. The molecule has 9 nitrogen and oxygen atoms in total. The van der Waals surface area contributed by atoms with Gasteiger partial charge in [-0.05, 0) is 56.3 Å². The Morgan fingerprint density at radius 2 is 1.91 bits per heavy atom. The number of rotatable bonds is 9. The number of nitriles is 1. The van der Waals surface area contributed by atoms with Gasteiger partial charge in [-0.2, -0.15) is 15.2 Å². The number of nitrogens with zero attached hydrogens (tertiary/aromatic N) is 7. The van der Waals surface area contributed by atoms with Crippen LogP contribution in [0.5, 0.6) is 6.01 Å². The first kappa shape index (κ1) is 30.8. The maximum Gasteiger partial charge on any atom is 0.318 e. The molecule has 0 N–H and O–H groups in total. The number of benzene rings is 2. The van der Waals surface area contributed by atoms with Crippen LogP contribution >= 0.6 is 0 Å². The number of piperazine rings is 1. The van der Waals surface area contributed by atoms with Crippen molar-refractivity contribution in [2.45, 2.75) is 70.5 Å². The van der Waals surface area contributed by atoms with E-state index in [0.717, 1.165) is 36.6 Å². The molecule has 45 heavy (non-hydrogen) atoms.